The zero-order chi connectivity index (χ0) is 23.8. The molecule has 1 saturated heterocycles. The van der Waals surface area contributed by atoms with Crippen molar-refractivity contribution in [2.75, 3.05) is 5.32 Å². The molecule has 6 heteroatoms. The van der Waals surface area contributed by atoms with Gasteiger partial charge in [-0.1, -0.05) is 49.2 Å². The van der Waals surface area contributed by atoms with E-state index in [1.54, 1.807) is 0 Å². The molecule has 1 saturated carbocycles. The summed E-state index contributed by atoms with van der Waals surface area (Å²) in [5.41, 5.74) is 4.15. The number of anilines is 1. The van der Waals surface area contributed by atoms with Gasteiger partial charge in [0.2, 0.25) is 0 Å². The van der Waals surface area contributed by atoms with Crippen molar-refractivity contribution in [3.05, 3.63) is 89.7 Å². The van der Waals surface area contributed by atoms with Gasteiger partial charge in [0.15, 0.2) is 5.78 Å². The summed E-state index contributed by atoms with van der Waals surface area (Å²) >= 11 is 0. The van der Waals surface area contributed by atoms with Crippen LogP contribution in [-0.2, 0) is 4.79 Å². The highest BCUT2D eigenvalue weighted by Gasteiger charge is 2.48. The third-order valence-electron chi connectivity index (χ3n) is 8.14. The molecule has 4 N–H and O–H groups in total. The second kappa shape index (κ2) is 9.34. The zero-order valence-corrected chi connectivity index (χ0v) is 19.7. The van der Waals surface area contributed by atoms with Crippen LogP contribution in [0.4, 0.5) is 5.69 Å². The molecular weight excluding hydrogens is 436 g/mol. The number of ketones is 1. The average molecular weight is 469 g/mol. The van der Waals surface area contributed by atoms with Crippen LogP contribution in [0.15, 0.2) is 72.9 Å². The SMILES string of the molecule is O=C(N[C@@H]1CCCC[C@@H]1C(=O)C1C[C@H]2[C@@H](c3ccc[nH]3)Nc3ccccc3[C@H]2N1)c1ccccc1. The van der Waals surface area contributed by atoms with Crippen LogP contribution in [0.5, 0.6) is 0 Å². The molecular formula is C29H32N4O2. The number of hydrogen-bond donors (Lipinski definition) is 4. The van der Waals surface area contributed by atoms with Crippen molar-refractivity contribution in [1.82, 2.24) is 15.6 Å². The minimum absolute atomic E-state index is 0.0895. The summed E-state index contributed by atoms with van der Waals surface area (Å²) in [4.78, 5) is 30.2. The van der Waals surface area contributed by atoms with Gasteiger partial charge >= 0.3 is 0 Å². The van der Waals surface area contributed by atoms with E-state index in [2.05, 4.69) is 51.3 Å². The number of rotatable bonds is 5. The van der Waals surface area contributed by atoms with Crippen molar-refractivity contribution in [1.29, 1.82) is 0 Å². The average Bonchev–Trinajstić information content (AvgIpc) is 3.60. The maximum Gasteiger partial charge on any atom is 0.251 e. The van der Waals surface area contributed by atoms with Crippen molar-refractivity contribution in [3.8, 4) is 0 Å². The Balaban J connectivity index is 1.23. The number of hydrogen-bond acceptors (Lipinski definition) is 4. The number of carbonyl (C=O) groups is 2. The van der Waals surface area contributed by atoms with E-state index in [1.807, 2.05) is 42.6 Å². The minimum atomic E-state index is -0.213. The Kier molecular flexibility index (Phi) is 5.90. The molecule has 0 spiro atoms. The van der Waals surface area contributed by atoms with Gasteiger partial charge in [0.1, 0.15) is 0 Å². The van der Waals surface area contributed by atoms with E-state index in [4.69, 9.17) is 0 Å². The molecule has 2 aromatic carbocycles. The smallest absolute Gasteiger partial charge is 0.251 e. The summed E-state index contributed by atoms with van der Waals surface area (Å²) in [5, 5.41) is 10.6. The lowest BCUT2D eigenvalue weighted by Gasteiger charge is -2.36. The number of nitrogens with one attached hydrogen (secondary N) is 4. The number of aromatic amines is 1. The summed E-state index contributed by atoms with van der Waals surface area (Å²) in [6.45, 7) is 0. The van der Waals surface area contributed by atoms with Gasteiger partial charge in [0.05, 0.1) is 12.1 Å². The van der Waals surface area contributed by atoms with Crippen molar-refractivity contribution >= 4 is 17.4 Å². The predicted octanol–water partition coefficient (Wildman–Crippen LogP) is 4.76. The van der Waals surface area contributed by atoms with E-state index in [0.717, 1.165) is 43.5 Å². The van der Waals surface area contributed by atoms with Gasteiger partial charge in [0, 0.05) is 47.1 Å². The largest absolute Gasteiger partial charge is 0.376 e. The number of Topliss-reactive ketones (excluding diaryl/α,β-unsaturated/α-hetero) is 1. The number of amides is 1. The Hall–Kier alpha value is -3.38. The topological polar surface area (TPSA) is 86.0 Å². The summed E-state index contributed by atoms with van der Waals surface area (Å²) in [7, 11) is 0. The Morgan fingerprint density at radius 2 is 1.66 bits per heavy atom. The van der Waals surface area contributed by atoms with E-state index < -0.39 is 0 Å². The van der Waals surface area contributed by atoms with Crippen LogP contribution in [0.3, 0.4) is 0 Å². The van der Waals surface area contributed by atoms with Crippen molar-refractivity contribution in [2.24, 2.45) is 11.8 Å². The number of para-hydroxylation sites is 1. The lowest BCUT2D eigenvalue weighted by molar-refractivity contribution is -0.126. The number of aromatic nitrogens is 1. The fourth-order valence-electron chi connectivity index (χ4n) is 6.43. The Labute approximate surface area is 205 Å². The molecule has 3 aromatic rings. The fourth-order valence-corrected chi connectivity index (χ4v) is 6.43. The van der Waals surface area contributed by atoms with Crippen LogP contribution in [0.2, 0.25) is 0 Å². The van der Waals surface area contributed by atoms with E-state index in [-0.39, 0.29) is 47.7 Å². The van der Waals surface area contributed by atoms with Gasteiger partial charge in [-0.15, -0.1) is 0 Å². The lowest BCUT2D eigenvalue weighted by atomic mass is 9.77. The highest BCUT2D eigenvalue weighted by Crippen LogP contribution is 2.49. The maximum absolute atomic E-state index is 13.9. The molecule has 2 aliphatic heterocycles. The molecule has 180 valence electrons. The first kappa shape index (κ1) is 22.1. The van der Waals surface area contributed by atoms with Gasteiger partial charge in [-0.25, -0.2) is 0 Å². The molecule has 1 unspecified atom stereocenters. The monoisotopic (exact) mass is 468 g/mol. The molecule has 6 nitrogen and oxygen atoms in total. The molecule has 0 bridgehead atoms. The van der Waals surface area contributed by atoms with Gasteiger partial charge in [-0.05, 0) is 55.2 Å². The molecule has 6 rings (SSSR count). The first-order valence-corrected chi connectivity index (χ1v) is 12.8. The van der Waals surface area contributed by atoms with Gasteiger partial charge in [-0.2, -0.15) is 0 Å². The van der Waals surface area contributed by atoms with E-state index in [9.17, 15) is 9.59 Å². The van der Waals surface area contributed by atoms with Gasteiger partial charge in [-0.3, -0.25) is 9.59 Å². The highest BCUT2D eigenvalue weighted by molar-refractivity contribution is 5.95. The predicted molar refractivity (Wildman–Crippen MR) is 136 cm³/mol. The molecule has 1 aliphatic carbocycles. The Morgan fingerprint density at radius 3 is 2.49 bits per heavy atom. The molecule has 0 radical (unpaired) electrons. The molecule has 1 aromatic heterocycles. The first-order valence-electron chi connectivity index (χ1n) is 12.8. The van der Waals surface area contributed by atoms with Crippen molar-refractivity contribution in [2.45, 2.75) is 56.3 Å². The molecule has 35 heavy (non-hydrogen) atoms. The first-order chi connectivity index (χ1) is 17.2. The lowest BCUT2D eigenvalue weighted by Crippen LogP contribution is -2.49. The third kappa shape index (κ3) is 4.16. The normalized spacial score (nSPS) is 29.5. The van der Waals surface area contributed by atoms with Crippen LogP contribution in [0, 0.1) is 11.8 Å². The standard InChI is InChI=1S/C29H32N4O2/c34-28(20-12-5-7-14-23(20)33-29(35)18-9-2-1-3-10-18)25-17-21-26(32-25)19-11-4-6-13-22(19)31-27(21)24-15-8-16-30-24/h1-4,6,8-11,13,15-16,20-21,23,25-27,30-32H,5,7,12,14,17H2,(H,33,35)/t20-,21+,23+,25?,26+,27-/m0/s1. The van der Waals surface area contributed by atoms with Crippen LogP contribution >= 0.6 is 0 Å². The molecule has 6 atom stereocenters. The summed E-state index contributed by atoms with van der Waals surface area (Å²) in [5.74, 6) is 0.271. The second-order valence-corrected chi connectivity index (χ2v) is 10.2. The van der Waals surface area contributed by atoms with Crippen LogP contribution in [-0.4, -0.2) is 28.8 Å². The molecule has 3 heterocycles. The van der Waals surface area contributed by atoms with E-state index in [1.165, 1.54) is 5.56 Å². The van der Waals surface area contributed by atoms with E-state index in [0.29, 0.717) is 5.56 Å². The molecule has 2 fully saturated rings. The second-order valence-electron chi connectivity index (χ2n) is 10.2. The summed E-state index contributed by atoms with van der Waals surface area (Å²) in [6, 6.07) is 21.8. The highest BCUT2D eigenvalue weighted by atomic mass is 16.2. The minimum Gasteiger partial charge on any atom is -0.376 e. The summed E-state index contributed by atoms with van der Waals surface area (Å²) in [6.07, 6.45) is 6.50. The molecule has 3 aliphatic rings. The van der Waals surface area contributed by atoms with Crippen molar-refractivity contribution in [3.63, 3.8) is 0 Å². The Morgan fingerprint density at radius 1 is 0.857 bits per heavy atom. The Bertz CT molecular complexity index is 1190. The number of H-pyrrole nitrogens is 1. The van der Waals surface area contributed by atoms with Gasteiger partial charge < -0.3 is 20.9 Å². The fraction of sp³-hybridized carbons (Fsp3) is 0.379. The summed E-state index contributed by atoms with van der Waals surface area (Å²) < 4.78 is 0. The van der Waals surface area contributed by atoms with Crippen LogP contribution < -0.4 is 16.0 Å². The van der Waals surface area contributed by atoms with E-state index >= 15 is 0 Å². The van der Waals surface area contributed by atoms with Crippen molar-refractivity contribution < 1.29 is 9.59 Å². The quantitative estimate of drug-likeness (QED) is 0.435. The number of benzene rings is 2. The maximum atomic E-state index is 13.9. The van der Waals surface area contributed by atoms with Gasteiger partial charge in [0.25, 0.3) is 5.91 Å². The van der Waals surface area contributed by atoms with Crippen LogP contribution in [0.1, 0.15) is 65.8 Å². The van der Waals surface area contributed by atoms with Crippen LogP contribution in [0.25, 0.3) is 0 Å². The third-order valence-corrected chi connectivity index (χ3v) is 8.14. The number of fused-ring (bicyclic) bond motifs is 3. The molecule has 1 amide bonds. The number of carbonyl (C=O) groups excluding carboxylic acids is 2. The zero-order valence-electron chi connectivity index (χ0n) is 19.7.